The zero-order valence-electron chi connectivity index (χ0n) is 15.6. The van der Waals surface area contributed by atoms with E-state index >= 15 is 0 Å². The molecule has 4 atom stereocenters. The van der Waals surface area contributed by atoms with Gasteiger partial charge in [0.25, 0.3) is 0 Å². The SMILES string of the molecule is CC(C)C(C)C(C)COO.COOCC(C)C(C)C(C)C. The molecule has 0 saturated heterocycles. The van der Waals surface area contributed by atoms with Crippen LogP contribution in [0.1, 0.15) is 55.4 Å². The van der Waals surface area contributed by atoms with E-state index in [9.17, 15) is 0 Å². The first-order valence-corrected chi connectivity index (χ1v) is 8.10. The summed E-state index contributed by atoms with van der Waals surface area (Å²) in [6, 6.07) is 0. The van der Waals surface area contributed by atoms with Crippen molar-refractivity contribution in [1.29, 1.82) is 0 Å². The predicted molar refractivity (Wildman–Crippen MR) is 87.9 cm³/mol. The van der Waals surface area contributed by atoms with E-state index in [2.05, 4.69) is 65.2 Å². The third kappa shape index (κ3) is 12.1. The van der Waals surface area contributed by atoms with Gasteiger partial charge in [0.05, 0.1) is 20.3 Å². The molecule has 0 amide bonds. The normalized spacial score (nSPS) is 17.1. The fourth-order valence-corrected chi connectivity index (χ4v) is 1.91. The average molecular weight is 306 g/mol. The van der Waals surface area contributed by atoms with Crippen LogP contribution < -0.4 is 0 Å². The number of rotatable bonds is 9. The Morgan fingerprint density at radius 3 is 1.38 bits per heavy atom. The highest BCUT2D eigenvalue weighted by atomic mass is 17.2. The summed E-state index contributed by atoms with van der Waals surface area (Å²) in [6.07, 6.45) is 0. The van der Waals surface area contributed by atoms with Crippen LogP contribution in [0.2, 0.25) is 0 Å². The molecule has 0 rings (SSSR count). The summed E-state index contributed by atoms with van der Waals surface area (Å²) in [6.45, 7) is 18.6. The first kappa shape index (κ1) is 23.1. The molecule has 0 aliphatic heterocycles. The van der Waals surface area contributed by atoms with Gasteiger partial charge in [-0.3, -0.25) is 5.26 Å². The van der Waals surface area contributed by atoms with Crippen molar-refractivity contribution in [3.63, 3.8) is 0 Å². The highest BCUT2D eigenvalue weighted by molar-refractivity contribution is 4.64. The first-order chi connectivity index (χ1) is 9.68. The van der Waals surface area contributed by atoms with Crippen molar-refractivity contribution in [2.24, 2.45) is 35.5 Å². The van der Waals surface area contributed by atoms with Gasteiger partial charge in [-0.15, -0.1) is 0 Å². The zero-order chi connectivity index (χ0) is 17.0. The van der Waals surface area contributed by atoms with Crippen LogP contribution in [0, 0.1) is 35.5 Å². The standard InChI is InChI=1S/C9H20O2.C8H18O2/c1-7(2)9(4)8(3)6-11-10-5;1-6(2)8(4)7(3)5-10-9/h7-9H,6H2,1-5H3;6-9H,5H2,1-4H3. The van der Waals surface area contributed by atoms with Gasteiger partial charge in [0.2, 0.25) is 0 Å². The maximum atomic E-state index is 8.17. The van der Waals surface area contributed by atoms with Crippen LogP contribution in [0.5, 0.6) is 0 Å². The van der Waals surface area contributed by atoms with E-state index in [0.717, 1.165) is 0 Å². The highest BCUT2D eigenvalue weighted by Crippen LogP contribution is 2.20. The van der Waals surface area contributed by atoms with Crippen molar-refractivity contribution in [2.75, 3.05) is 20.3 Å². The molecule has 4 heteroatoms. The number of hydrogen-bond acceptors (Lipinski definition) is 4. The molecule has 0 heterocycles. The van der Waals surface area contributed by atoms with Crippen LogP contribution in [-0.2, 0) is 14.7 Å². The van der Waals surface area contributed by atoms with Crippen molar-refractivity contribution < 1.29 is 19.9 Å². The van der Waals surface area contributed by atoms with Gasteiger partial charge in [0.1, 0.15) is 0 Å². The minimum absolute atomic E-state index is 0.435. The van der Waals surface area contributed by atoms with E-state index in [1.807, 2.05) is 0 Å². The Morgan fingerprint density at radius 2 is 1.10 bits per heavy atom. The van der Waals surface area contributed by atoms with E-state index in [1.54, 1.807) is 7.11 Å². The molecule has 4 unspecified atom stereocenters. The predicted octanol–water partition coefficient (Wildman–Crippen LogP) is 4.90. The van der Waals surface area contributed by atoms with Crippen LogP contribution in [0.3, 0.4) is 0 Å². The summed E-state index contributed by atoms with van der Waals surface area (Å²) in [5.41, 5.74) is 0. The average Bonchev–Trinajstić information content (AvgIpc) is 2.43. The molecule has 0 radical (unpaired) electrons. The van der Waals surface area contributed by atoms with Gasteiger partial charge >= 0.3 is 0 Å². The largest absolute Gasteiger partial charge is 0.252 e. The summed E-state index contributed by atoms with van der Waals surface area (Å²) in [5.74, 6) is 3.66. The monoisotopic (exact) mass is 306 g/mol. The highest BCUT2D eigenvalue weighted by Gasteiger charge is 2.16. The Bertz CT molecular complexity index is 219. The molecule has 0 fully saturated rings. The first-order valence-electron chi connectivity index (χ1n) is 8.10. The molecule has 0 aromatic heterocycles. The molecule has 4 nitrogen and oxygen atoms in total. The van der Waals surface area contributed by atoms with Gasteiger partial charge in [-0.25, -0.2) is 14.7 Å². The third-order valence-electron chi connectivity index (χ3n) is 4.68. The third-order valence-corrected chi connectivity index (χ3v) is 4.68. The van der Waals surface area contributed by atoms with Gasteiger partial charge in [-0.2, -0.15) is 0 Å². The topological polar surface area (TPSA) is 47.9 Å². The maximum Gasteiger partial charge on any atom is 0.0850 e. The van der Waals surface area contributed by atoms with Crippen molar-refractivity contribution in [3.8, 4) is 0 Å². The molecular weight excluding hydrogens is 268 g/mol. The van der Waals surface area contributed by atoms with E-state index in [4.69, 9.17) is 10.1 Å². The molecule has 0 aromatic rings. The van der Waals surface area contributed by atoms with Gasteiger partial charge in [0.15, 0.2) is 0 Å². The smallest absolute Gasteiger partial charge is 0.0850 e. The lowest BCUT2D eigenvalue weighted by Crippen LogP contribution is -2.18. The Kier molecular flexibility index (Phi) is 14.9. The van der Waals surface area contributed by atoms with Gasteiger partial charge in [0, 0.05) is 0 Å². The van der Waals surface area contributed by atoms with E-state index in [0.29, 0.717) is 48.7 Å². The van der Waals surface area contributed by atoms with Gasteiger partial charge < -0.3 is 0 Å². The van der Waals surface area contributed by atoms with Crippen LogP contribution in [0.25, 0.3) is 0 Å². The zero-order valence-corrected chi connectivity index (χ0v) is 15.6. The van der Waals surface area contributed by atoms with Crippen LogP contribution >= 0.6 is 0 Å². The maximum absolute atomic E-state index is 8.17. The Labute approximate surface area is 132 Å². The fraction of sp³-hybridized carbons (Fsp3) is 1.00. The van der Waals surface area contributed by atoms with Crippen molar-refractivity contribution in [3.05, 3.63) is 0 Å². The quantitative estimate of drug-likeness (QED) is 0.486. The summed E-state index contributed by atoms with van der Waals surface area (Å²) in [7, 11) is 1.55. The summed E-state index contributed by atoms with van der Waals surface area (Å²) in [5, 5.41) is 8.17. The molecule has 1 N–H and O–H groups in total. The molecular formula is C17H38O4. The lowest BCUT2D eigenvalue weighted by atomic mass is 9.87. The molecule has 0 aliphatic carbocycles. The van der Waals surface area contributed by atoms with E-state index in [-0.39, 0.29) is 0 Å². The van der Waals surface area contributed by atoms with E-state index < -0.39 is 0 Å². The second-order valence-electron chi connectivity index (χ2n) is 6.91. The lowest BCUT2D eigenvalue weighted by Gasteiger charge is -2.22. The second kappa shape index (κ2) is 13.5. The van der Waals surface area contributed by atoms with Crippen molar-refractivity contribution in [2.45, 2.75) is 55.4 Å². The Balaban J connectivity index is 0. The molecule has 0 aromatic carbocycles. The second-order valence-corrected chi connectivity index (χ2v) is 6.91. The number of hydrogen-bond donors (Lipinski definition) is 1. The molecule has 0 spiro atoms. The molecule has 21 heavy (non-hydrogen) atoms. The summed E-state index contributed by atoms with van der Waals surface area (Å²) in [4.78, 5) is 13.5. The van der Waals surface area contributed by atoms with Crippen molar-refractivity contribution >= 4 is 0 Å². The van der Waals surface area contributed by atoms with Crippen molar-refractivity contribution in [1.82, 2.24) is 0 Å². The van der Waals surface area contributed by atoms with Gasteiger partial charge in [-0.1, -0.05) is 55.4 Å². The fourth-order valence-electron chi connectivity index (χ4n) is 1.91. The van der Waals surface area contributed by atoms with Gasteiger partial charge in [-0.05, 0) is 35.5 Å². The molecule has 0 saturated carbocycles. The molecule has 0 bridgehead atoms. The molecule has 130 valence electrons. The lowest BCUT2D eigenvalue weighted by molar-refractivity contribution is -0.281. The minimum Gasteiger partial charge on any atom is -0.252 e. The molecule has 0 aliphatic rings. The Hall–Kier alpha value is -0.160. The summed E-state index contributed by atoms with van der Waals surface area (Å²) < 4.78 is 0. The van der Waals surface area contributed by atoms with E-state index in [1.165, 1.54) is 0 Å². The van der Waals surface area contributed by atoms with Crippen LogP contribution in [0.15, 0.2) is 0 Å². The minimum atomic E-state index is 0.435. The van der Waals surface area contributed by atoms with Crippen LogP contribution in [0.4, 0.5) is 0 Å². The summed E-state index contributed by atoms with van der Waals surface area (Å²) >= 11 is 0. The van der Waals surface area contributed by atoms with Crippen LogP contribution in [-0.4, -0.2) is 25.6 Å². The Morgan fingerprint density at radius 1 is 0.714 bits per heavy atom.